The summed E-state index contributed by atoms with van der Waals surface area (Å²) in [6.45, 7) is 1.45. The molecule has 1 aliphatic carbocycles. The summed E-state index contributed by atoms with van der Waals surface area (Å²) in [5, 5.41) is 6.37. The number of aromatic nitrogens is 2. The molecule has 1 saturated carbocycles. The van der Waals surface area contributed by atoms with Crippen molar-refractivity contribution in [2.24, 2.45) is 0 Å². The molecular formula is C14H22N4O. The normalized spacial score (nSPS) is 16.8. The maximum absolute atomic E-state index is 11.7. The summed E-state index contributed by atoms with van der Waals surface area (Å²) < 4.78 is 0. The molecule has 0 atom stereocenters. The van der Waals surface area contributed by atoms with Crippen LogP contribution in [0, 0.1) is 0 Å². The summed E-state index contributed by atoms with van der Waals surface area (Å²) in [4.78, 5) is 19.6. The Balaban J connectivity index is 1.62. The Kier molecular flexibility index (Phi) is 5.75. The lowest BCUT2D eigenvalue weighted by atomic mass is 10.1. The smallest absolute Gasteiger partial charge is 0.271 e. The molecule has 2 rings (SSSR count). The minimum Gasteiger partial charge on any atom is -0.349 e. The van der Waals surface area contributed by atoms with Crippen molar-refractivity contribution < 1.29 is 4.79 Å². The first kappa shape index (κ1) is 13.9. The predicted molar refractivity (Wildman–Crippen MR) is 73.9 cm³/mol. The summed E-state index contributed by atoms with van der Waals surface area (Å²) in [5.41, 5.74) is 0.372. The SMILES string of the molecule is O=C(NCCNC1CCCCCC1)c1cnccn1. The molecule has 104 valence electrons. The lowest BCUT2D eigenvalue weighted by molar-refractivity contribution is 0.0948. The lowest BCUT2D eigenvalue weighted by Crippen LogP contribution is -2.37. The van der Waals surface area contributed by atoms with Crippen LogP contribution in [-0.4, -0.2) is 35.0 Å². The average molecular weight is 262 g/mol. The van der Waals surface area contributed by atoms with Crippen molar-refractivity contribution in [1.29, 1.82) is 0 Å². The summed E-state index contributed by atoms with van der Waals surface area (Å²) in [6.07, 6.45) is 12.5. The minimum atomic E-state index is -0.157. The van der Waals surface area contributed by atoms with Gasteiger partial charge in [0, 0.05) is 31.5 Å². The van der Waals surface area contributed by atoms with Crippen LogP contribution in [0.15, 0.2) is 18.6 Å². The largest absolute Gasteiger partial charge is 0.349 e. The quantitative estimate of drug-likeness (QED) is 0.623. The molecule has 0 radical (unpaired) electrons. The number of carbonyl (C=O) groups excluding carboxylic acids is 1. The number of amides is 1. The second kappa shape index (κ2) is 7.84. The van der Waals surface area contributed by atoms with Crippen molar-refractivity contribution in [2.75, 3.05) is 13.1 Å². The molecule has 1 aliphatic rings. The minimum absolute atomic E-state index is 0.157. The van der Waals surface area contributed by atoms with E-state index >= 15 is 0 Å². The Morgan fingerprint density at radius 2 is 1.95 bits per heavy atom. The fourth-order valence-corrected chi connectivity index (χ4v) is 2.44. The van der Waals surface area contributed by atoms with E-state index in [0.717, 1.165) is 6.54 Å². The topological polar surface area (TPSA) is 66.9 Å². The predicted octanol–water partition coefficient (Wildman–Crippen LogP) is 1.52. The number of nitrogens with zero attached hydrogens (tertiary/aromatic N) is 2. The van der Waals surface area contributed by atoms with Gasteiger partial charge in [0.25, 0.3) is 5.91 Å². The van der Waals surface area contributed by atoms with Crippen LogP contribution in [0.25, 0.3) is 0 Å². The molecule has 0 bridgehead atoms. The summed E-state index contributed by atoms with van der Waals surface area (Å²) in [7, 11) is 0. The molecule has 0 aliphatic heterocycles. The van der Waals surface area contributed by atoms with Gasteiger partial charge >= 0.3 is 0 Å². The van der Waals surface area contributed by atoms with Gasteiger partial charge in [-0.05, 0) is 12.8 Å². The van der Waals surface area contributed by atoms with Gasteiger partial charge in [0.1, 0.15) is 5.69 Å². The van der Waals surface area contributed by atoms with Crippen molar-refractivity contribution in [3.05, 3.63) is 24.3 Å². The lowest BCUT2D eigenvalue weighted by Gasteiger charge is -2.16. The van der Waals surface area contributed by atoms with Gasteiger partial charge in [-0.1, -0.05) is 25.7 Å². The van der Waals surface area contributed by atoms with Gasteiger partial charge in [0.05, 0.1) is 6.20 Å². The Morgan fingerprint density at radius 1 is 1.16 bits per heavy atom. The van der Waals surface area contributed by atoms with Crippen LogP contribution < -0.4 is 10.6 Å². The van der Waals surface area contributed by atoms with E-state index in [4.69, 9.17) is 0 Å². The fraction of sp³-hybridized carbons (Fsp3) is 0.643. The number of nitrogens with one attached hydrogen (secondary N) is 2. The second-order valence-corrected chi connectivity index (χ2v) is 4.99. The summed E-state index contributed by atoms with van der Waals surface area (Å²) in [5.74, 6) is -0.157. The van der Waals surface area contributed by atoms with Crippen LogP contribution in [0.4, 0.5) is 0 Å². The highest BCUT2D eigenvalue weighted by atomic mass is 16.1. The van der Waals surface area contributed by atoms with E-state index in [0.29, 0.717) is 18.3 Å². The van der Waals surface area contributed by atoms with Crippen molar-refractivity contribution in [2.45, 2.75) is 44.6 Å². The number of hydrogen-bond donors (Lipinski definition) is 2. The molecule has 0 unspecified atom stereocenters. The molecule has 1 amide bonds. The van der Waals surface area contributed by atoms with Gasteiger partial charge < -0.3 is 10.6 Å². The molecule has 1 fully saturated rings. The van der Waals surface area contributed by atoms with Crippen molar-refractivity contribution >= 4 is 5.91 Å². The molecule has 1 aromatic heterocycles. The summed E-state index contributed by atoms with van der Waals surface area (Å²) in [6, 6.07) is 0.621. The molecule has 5 heteroatoms. The molecule has 19 heavy (non-hydrogen) atoms. The first-order valence-electron chi connectivity index (χ1n) is 7.14. The highest BCUT2D eigenvalue weighted by Gasteiger charge is 2.11. The molecule has 0 spiro atoms. The monoisotopic (exact) mass is 262 g/mol. The zero-order chi connectivity index (χ0) is 13.3. The highest BCUT2D eigenvalue weighted by Crippen LogP contribution is 2.16. The molecule has 2 N–H and O–H groups in total. The zero-order valence-electron chi connectivity index (χ0n) is 11.3. The third kappa shape index (κ3) is 4.95. The van der Waals surface area contributed by atoms with Crippen LogP contribution in [0.1, 0.15) is 49.0 Å². The van der Waals surface area contributed by atoms with Gasteiger partial charge in [-0.15, -0.1) is 0 Å². The van der Waals surface area contributed by atoms with Gasteiger partial charge in [0.15, 0.2) is 0 Å². The van der Waals surface area contributed by atoms with Crippen LogP contribution in [0.5, 0.6) is 0 Å². The van der Waals surface area contributed by atoms with Crippen LogP contribution in [0.3, 0.4) is 0 Å². The Labute approximate surface area is 114 Å². The number of hydrogen-bond acceptors (Lipinski definition) is 4. The van der Waals surface area contributed by atoms with E-state index in [9.17, 15) is 4.79 Å². The van der Waals surface area contributed by atoms with Crippen LogP contribution in [0.2, 0.25) is 0 Å². The van der Waals surface area contributed by atoms with E-state index in [1.807, 2.05) is 0 Å². The standard InChI is InChI=1S/C14H22N4O/c19-14(13-11-15-7-8-17-13)18-10-9-16-12-5-3-1-2-4-6-12/h7-8,11-12,16H,1-6,9-10H2,(H,18,19). The first-order chi connectivity index (χ1) is 9.36. The van der Waals surface area contributed by atoms with Crippen molar-refractivity contribution in [3.63, 3.8) is 0 Å². The first-order valence-corrected chi connectivity index (χ1v) is 7.14. The fourth-order valence-electron chi connectivity index (χ4n) is 2.44. The van der Waals surface area contributed by atoms with Gasteiger partial charge in [-0.25, -0.2) is 4.98 Å². The Morgan fingerprint density at radius 3 is 2.63 bits per heavy atom. The van der Waals surface area contributed by atoms with Gasteiger partial charge in [-0.2, -0.15) is 0 Å². The van der Waals surface area contributed by atoms with Crippen LogP contribution >= 0.6 is 0 Å². The number of rotatable bonds is 5. The van der Waals surface area contributed by atoms with Crippen LogP contribution in [-0.2, 0) is 0 Å². The average Bonchev–Trinajstić information content (AvgIpc) is 2.73. The van der Waals surface area contributed by atoms with E-state index in [-0.39, 0.29) is 5.91 Å². The Bertz CT molecular complexity index is 374. The molecule has 1 aromatic rings. The van der Waals surface area contributed by atoms with E-state index < -0.39 is 0 Å². The molecule has 0 aromatic carbocycles. The van der Waals surface area contributed by atoms with E-state index in [1.54, 1.807) is 6.20 Å². The third-order valence-corrected chi connectivity index (χ3v) is 3.49. The zero-order valence-corrected chi connectivity index (χ0v) is 11.3. The molecule has 0 saturated heterocycles. The maximum atomic E-state index is 11.7. The third-order valence-electron chi connectivity index (χ3n) is 3.49. The summed E-state index contributed by atoms with van der Waals surface area (Å²) >= 11 is 0. The number of carbonyl (C=O) groups is 1. The van der Waals surface area contributed by atoms with Gasteiger partial charge in [0.2, 0.25) is 0 Å². The van der Waals surface area contributed by atoms with Crippen molar-refractivity contribution in [3.8, 4) is 0 Å². The van der Waals surface area contributed by atoms with E-state index in [1.165, 1.54) is 50.9 Å². The molecule has 1 heterocycles. The van der Waals surface area contributed by atoms with E-state index in [2.05, 4.69) is 20.6 Å². The van der Waals surface area contributed by atoms with Crippen molar-refractivity contribution in [1.82, 2.24) is 20.6 Å². The second-order valence-electron chi connectivity index (χ2n) is 4.99. The highest BCUT2D eigenvalue weighted by molar-refractivity contribution is 5.91. The maximum Gasteiger partial charge on any atom is 0.271 e. The Hall–Kier alpha value is -1.49. The molecular weight excluding hydrogens is 240 g/mol. The molecule has 5 nitrogen and oxygen atoms in total. The van der Waals surface area contributed by atoms with Gasteiger partial charge in [-0.3, -0.25) is 9.78 Å².